The van der Waals surface area contributed by atoms with Crippen molar-refractivity contribution in [3.05, 3.63) is 29.8 Å². The number of carbonyl (C=O) groups excluding carboxylic acids is 1. The molecule has 0 aliphatic heterocycles. The number of hydrogen-bond donors (Lipinski definition) is 1. The third-order valence-electron chi connectivity index (χ3n) is 2.86. The lowest BCUT2D eigenvalue weighted by Crippen LogP contribution is -2.31. The van der Waals surface area contributed by atoms with E-state index in [0.29, 0.717) is 5.56 Å². The number of rotatable bonds is 5. The van der Waals surface area contributed by atoms with Crippen LogP contribution in [0, 0.1) is 0 Å². The van der Waals surface area contributed by atoms with Gasteiger partial charge in [-0.2, -0.15) is 13.2 Å². The number of alkyl halides is 3. The summed E-state index contributed by atoms with van der Waals surface area (Å²) in [6.45, 7) is 0. The molecule has 1 fully saturated rings. The Morgan fingerprint density at radius 3 is 2.40 bits per heavy atom. The molecule has 7 heteroatoms. The minimum atomic E-state index is -4.31. The van der Waals surface area contributed by atoms with Crippen LogP contribution < -0.4 is 5.32 Å². The number of nitrogens with one attached hydrogen (secondary N) is 1. The molecule has 110 valence electrons. The molecule has 0 spiro atoms. The topological polar surface area (TPSA) is 38.3 Å². The number of carbonyl (C=O) groups is 1. The first kappa shape index (κ1) is 15.2. The maximum atomic E-state index is 12.2. The predicted molar refractivity (Wildman–Crippen MR) is 69.3 cm³/mol. The zero-order chi connectivity index (χ0) is 14.8. The maximum Gasteiger partial charge on any atom is 0.446 e. The van der Waals surface area contributed by atoms with Crippen LogP contribution in [0.2, 0.25) is 0 Å². The highest BCUT2D eigenvalue weighted by Crippen LogP contribution is 2.37. The molecular formula is C13H14F3NO2S. The molecule has 1 N–H and O–H groups in total. The second-order valence-corrected chi connectivity index (χ2v) is 5.65. The van der Waals surface area contributed by atoms with E-state index in [9.17, 15) is 18.0 Å². The van der Waals surface area contributed by atoms with Crippen molar-refractivity contribution in [2.45, 2.75) is 35.3 Å². The standard InChI is InChI=1S/C13H14F3NO2S/c1-19-12(18)11(17-9-4-5-9)8-2-6-10(7-3-8)20-13(14,15)16/h2-3,6-7,9,11,17H,4-5H2,1H3. The number of esters is 1. The first-order chi connectivity index (χ1) is 9.39. The fourth-order valence-corrected chi connectivity index (χ4v) is 2.31. The zero-order valence-electron chi connectivity index (χ0n) is 10.7. The Morgan fingerprint density at radius 1 is 1.35 bits per heavy atom. The Hall–Kier alpha value is -1.21. The first-order valence-corrected chi connectivity index (χ1v) is 6.90. The normalized spacial score (nSPS) is 16.8. The van der Waals surface area contributed by atoms with Crippen LogP contribution in [0.4, 0.5) is 13.2 Å². The van der Waals surface area contributed by atoms with Gasteiger partial charge in [0.15, 0.2) is 0 Å². The SMILES string of the molecule is COC(=O)C(NC1CC1)c1ccc(SC(F)(F)F)cc1. The van der Waals surface area contributed by atoms with E-state index in [2.05, 4.69) is 5.32 Å². The molecule has 3 nitrogen and oxygen atoms in total. The van der Waals surface area contributed by atoms with Crippen molar-refractivity contribution >= 4 is 17.7 Å². The highest BCUT2D eigenvalue weighted by atomic mass is 32.2. The van der Waals surface area contributed by atoms with Crippen molar-refractivity contribution < 1.29 is 22.7 Å². The molecule has 0 aromatic heterocycles. The molecule has 1 unspecified atom stereocenters. The number of benzene rings is 1. The average Bonchev–Trinajstić information content (AvgIpc) is 3.18. The van der Waals surface area contributed by atoms with Crippen molar-refractivity contribution in [2.24, 2.45) is 0 Å². The van der Waals surface area contributed by atoms with Gasteiger partial charge in [0.25, 0.3) is 0 Å². The van der Waals surface area contributed by atoms with Gasteiger partial charge in [0.1, 0.15) is 6.04 Å². The van der Waals surface area contributed by atoms with E-state index in [-0.39, 0.29) is 22.7 Å². The molecule has 1 aromatic carbocycles. The summed E-state index contributed by atoms with van der Waals surface area (Å²) >= 11 is -0.175. The summed E-state index contributed by atoms with van der Waals surface area (Å²) in [6.07, 6.45) is 1.99. The molecule has 0 saturated heterocycles. The Balaban J connectivity index is 2.10. The smallest absolute Gasteiger partial charge is 0.446 e. The van der Waals surface area contributed by atoms with Crippen LogP contribution >= 0.6 is 11.8 Å². The van der Waals surface area contributed by atoms with Crippen LogP contribution in [0.3, 0.4) is 0 Å². The van der Waals surface area contributed by atoms with Gasteiger partial charge in [-0.15, -0.1) is 0 Å². The molecule has 1 atom stereocenters. The van der Waals surface area contributed by atoms with Crippen LogP contribution in [-0.2, 0) is 9.53 Å². The lowest BCUT2D eigenvalue weighted by molar-refractivity contribution is -0.143. The summed E-state index contributed by atoms with van der Waals surface area (Å²) in [6, 6.07) is 5.41. The molecule has 1 saturated carbocycles. The highest BCUT2D eigenvalue weighted by molar-refractivity contribution is 8.00. The zero-order valence-corrected chi connectivity index (χ0v) is 11.6. The molecule has 1 aromatic rings. The minimum Gasteiger partial charge on any atom is -0.468 e. The van der Waals surface area contributed by atoms with E-state index in [4.69, 9.17) is 4.74 Å². The molecule has 20 heavy (non-hydrogen) atoms. The quantitative estimate of drug-likeness (QED) is 0.669. The molecule has 0 radical (unpaired) electrons. The lowest BCUT2D eigenvalue weighted by atomic mass is 10.1. The van der Waals surface area contributed by atoms with Gasteiger partial charge in [-0.1, -0.05) is 12.1 Å². The Morgan fingerprint density at radius 2 is 1.95 bits per heavy atom. The van der Waals surface area contributed by atoms with Gasteiger partial charge >= 0.3 is 11.5 Å². The number of hydrogen-bond acceptors (Lipinski definition) is 4. The van der Waals surface area contributed by atoms with E-state index < -0.39 is 17.5 Å². The summed E-state index contributed by atoms with van der Waals surface area (Å²) in [5, 5.41) is 3.12. The number of halogens is 3. The van der Waals surface area contributed by atoms with Crippen molar-refractivity contribution in [1.29, 1.82) is 0 Å². The van der Waals surface area contributed by atoms with Crippen LogP contribution in [0.15, 0.2) is 29.2 Å². The Kier molecular flexibility index (Phi) is 4.59. The van der Waals surface area contributed by atoms with Crippen molar-refractivity contribution in [3.8, 4) is 0 Å². The molecule has 2 rings (SSSR count). The summed E-state index contributed by atoms with van der Waals surface area (Å²) < 4.78 is 41.4. The fraction of sp³-hybridized carbons (Fsp3) is 0.462. The number of methoxy groups -OCH3 is 1. The lowest BCUT2D eigenvalue weighted by Gasteiger charge is -2.17. The summed E-state index contributed by atoms with van der Waals surface area (Å²) in [4.78, 5) is 11.8. The molecule has 0 amide bonds. The van der Waals surface area contributed by atoms with Crippen LogP contribution in [0.25, 0.3) is 0 Å². The average molecular weight is 305 g/mol. The maximum absolute atomic E-state index is 12.2. The molecular weight excluding hydrogens is 291 g/mol. The van der Waals surface area contributed by atoms with Gasteiger partial charge in [0, 0.05) is 10.9 Å². The largest absolute Gasteiger partial charge is 0.468 e. The summed E-state index contributed by atoms with van der Waals surface area (Å²) in [5.74, 6) is -0.437. The van der Waals surface area contributed by atoms with Crippen LogP contribution in [-0.4, -0.2) is 24.6 Å². The van der Waals surface area contributed by atoms with E-state index in [1.807, 2.05) is 0 Å². The van der Waals surface area contributed by atoms with E-state index >= 15 is 0 Å². The number of thioether (sulfide) groups is 1. The van der Waals surface area contributed by atoms with Crippen LogP contribution in [0.1, 0.15) is 24.4 Å². The molecule has 1 aliphatic rings. The van der Waals surface area contributed by atoms with Gasteiger partial charge in [0.05, 0.1) is 7.11 Å². The van der Waals surface area contributed by atoms with Gasteiger partial charge in [0.2, 0.25) is 0 Å². The van der Waals surface area contributed by atoms with E-state index in [1.54, 1.807) is 0 Å². The molecule has 0 bridgehead atoms. The predicted octanol–water partition coefficient (Wildman–Crippen LogP) is 3.26. The third-order valence-corrected chi connectivity index (χ3v) is 3.60. The number of ether oxygens (including phenoxy) is 1. The van der Waals surface area contributed by atoms with Gasteiger partial charge in [-0.05, 0) is 42.3 Å². The van der Waals surface area contributed by atoms with Gasteiger partial charge in [-0.3, -0.25) is 5.32 Å². The first-order valence-electron chi connectivity index (χ1n) is 6.08. The highest BCUT2D eigenvalue weighted by Gasteiger charge is 2.31. The van der Waals surface area contributed by atoms with Crippen LogP contribution in [0.5, 0.6) is 0 Å². The van der Waals surface area contributed by atoms with Gasteiger partial charge in [-0.25, -0.2) is 4.79 Å². The van der Waals surface area contributed by atoms with Gasteiger partial charge < -0.3 is 4.74 Å². The monoisotopic (exact) mass is 305 g/mol. The van der Waals surface area contributed by atoms with Crippen molar-refractivity contribution in [2.75, 3.05) is 7.11 Å². The Labute approximate surface area is 118 Å². The van der Waals surface area contributed by atoms with Crippen molar-refractivity contribution in [1.82, 2.24) is 5.32 Å². The second-order valence-electron chi connectivity index (χ2n) is 4.51. The van der Waals surface area contributed by atoms with Crippen molar-refractivity contribution in [3.63, 3.8) is 0 Å². The fourth-order valence-electron chi connectivity index (χ4n) is 1.77. The second kappa shape index (κ2) is 6.05. The summed E-state index contributed by atoms with van der Waals surface area (Å²) in [7, 11) is 1.29. The molecule has 0 heterocycles. The minimum absolute atomic E-state index is 0.0938. The molecule has 1 aliphatic carbocycles. The van der Waals surface area contributed by atoms with E-state index in [1.165, 1.54) is 31.4 Å². The Bertz CT molecular complexity index is 471. The summed E-state index contributed by atoms with van der Waals surface area (Å²) in [5.41, 5.74) is -3.70. The van der Waals surface area contributed by atoms with E-state index in [0.717, 1.165) is 12.8 Å². The third kappa shape index (κ3) is 4.42.